The Morgan fingerprint density at radius 2 is 2.31 bits per heavy atom. The molecule has 1 aliphatic rings. The van der Waals surface area contributed by atoms with Gasteiger partial charge in [-0.25, -0.2) is 0 Å². The first-order valence-electron chi connectivity index (χ1n) is 4.58. The minimum atomic E-state index is 0.0729. The predicted molar refractivity (Wildman–Crippen MR) is 48.2 cm³/mol. The maximum absolute atomic E-state index is 5.70. The number of nitrogens with zero attached hydrogens (tertiary/aromatic N) is 3. The molecule has 0 aromatic carbocycles. The third-order valence-corrected chi connectivity index (χ3v) is 2.28. The first kappa shape index (κ1) is 8.69. The normalized spacial score (nSPS) is 22.8. The van der Waals surface area contributed by atoms with Crippen LogP contribution in [0.1, 0.15) is 32.7 Å². The van der Waals surface area contributed by atoms with E-state index in [1.165, 1.54) is 0 Å². The van der Waals surface area contributed by atoms with Crippen molar-refractivity contribution in [3.8, 4) is 0 Å². The van der Waals surface area contributed by atoms with Crippen LogP contribution in [-0.2, 0) is 11.3 Å². The highest BCUT2D eigenvalue weighted by atomic mass is 16.5. The number of aromatic nitrogens is 3. The van der Waals surface area contributed by atoms with E-state index in [0.717, 1.165) is 19.0 Å². The highest BCUT2D eigenvalue weighted by molar-refractivity contribution is 4.99. The monoisotopic (exact) mass is 181 g/mol. The molecule has 1 aliphatic heterocycles. The molecule has 72 valence electrons. The molecule has 0 amide bonds. The van der Waals surface area contributed by atoms with Crippen LogP contribution in [0.25, 0.3) is 0 Å². The van der Waals surface area contributed by atoms with Crippen molar-refractivity contribution in [1.82, 2.24) is 14.8 Å². The summed E-state index contributed by atoms with van der Waals surface area (Å²) >= 11 is 0. The number of rotatable bonds is 0. The van der Waals surface area contributed by atoms with Crippen LogP contribution < -0.4 is 0 Å². The Hall–Kier alpha value is -0.900. The van der Waals surface area contributed by atoms with E-state index in [2.05, 4.69) is 35.5 Å². The zero-order valence-electron chi connectivity index (χ0n) is 8.32. The summed E-state index contributed by atoms with van der Waals surface area (Å²) in [5, 5.41) is 7.99. The minimum Gasteiger partial charge on any atom is -0.368 e. The highest BCUT2D eigenvalue weighted by Gasteiger charge is 2.33. The molecule has 4 nitrogen and oxygen atoms in total. The van der Waals surface area contributed by atoms with E-state index in [9.17, 15) is 0 Å². The Labute approximate surface area is 77.9 Å². The smallest absolute Gasteiger partial charge is 0.162 e. The van der Waals surface area contributed by atoms with Gasteiger partial charge in [0.25, 0.3) is 0 Å². The van der Waals surface area contributed by atoms with E-state index in [4.69, 9.17) is 4.74 Å². The second-order valence-corrected chi connectivity index (χ2v) is 4.50. The number of ether oxygens (including phenoxy) is 1. The van der Waals surface area contributed by atoms with Crippen molar-refractivity contribution < 1.29 is 4.74 Å². The van der Waals surface area contributed by atoms with Crippen molar-refractivity contribution in [3.63, 3.8) is 0 Å². The van der Waals surface area contributed by atoms with Gasteiger partial charge in [0.1, 0.15) is 12.4 Å². The van der Waals surface area contributed by atoms with Crippen LogP contribution in [0.3, 0.4) is 0 Å². The minimum absolute atomic E-state index is 0.0729. The summed E-state index contributed by atoms with van der Waals surface area (Å²) in [5.41, 5.74) is 0.0885. The molecular formula is C9H15N3O. The Morgan fingerprint density at radius 3 is 3.00 bits per heavy atom. The molecule has 0 N–H and O–H groups in total. The van der Waals surface area contributed by atoms with Crippen molar-refractivity contribution in [1.29, 1.82) is 0 Å². The standard InChI is InChI=1S/C9H15N3O/c1-9(2,3)7-8-11-10-6-12(8)4-5-13-7/h6-7H,4-5H2,1-3H3. The second kappa shape index (κ2) is 2.80. The van der Waals surface area contributed by atoms with Crippen molar-refractivity contribution in [3.05, 3.63) is 12.2 Å². The van der Waals surface area contributed by atoms with Crippen LogP contribution in [0.15, 0.2) is 6.33 Å². The lowest BCUT2D eigenvalue weighted by molar-refractivity contribution is -0.0485. The number of hydrogen-bond donors (Lipinski definition) is 0. The van der Waals surface area contributed by atoms with Gasteiger partial charge in [-0.05, 0) is 5.41 Å². The molecular weight excluding hydrogens is 166 g/mol. The highest BCUT2D eigenvalue weighted by Crippen LogP contribution is 2.36. The molecule has 13 heavy (non-hydrogen) atoms. The molecule has 1 aromatic rings. The first-order chi connectivity index (χ1) is 6.09. The van der Waals surface area contributed by atoms with Crippen molar-refractivity contribution in [2.75, 3.05) is 6.61 Å². The third kappa shape index (κ3) is 1.46. The van der Waals surface area contributed by atoms with Gasteiger partial charge in [-0.1, -0.05) is 20.8 Å². The quantitative estimate of drug-likeness (QED) is 0.607. The second-order valence-electron chi connectivity index (χ2n) is 4.50. The maximum Gasteiger partial charge on any atom is 0.162 e. The summed E-state index contributed by atoms with van der Waals surface area (Å²) in [7, 11) is 0. The third-order valence-electron chi connectivity index (χ3n) is 2.28. The lowest BCUT2D eigenvalue weighted by Crippen LogP contribution is -2.30. The van der Waals surface area contributed by atoms with Gasteiger partial charge in [0.2, 0.25) is 0 Å². The van der Waals surface area contributed by atoms with Gasteiger partial charge in [-0.3, -0.25) is 0 Å². The van der Waals surface area contributed by atoms with Crippen LogP contribution in [0.5, 0.6) is 0 Å². The molecule has 4 heteroatoms. The molecule has 0 fully saturated rings. The van der Waals surface area contributed by atoms with E-state index in [-0.39, 0.29) is 11.5 Å². The van der Waals surface area contributed by atoms with Crippen LogP contribution in [-0.4, -0.2) is 21.4 Å². The van der Waals surface area contributed by atoms with E-state index in [0.29, 0.717) is 0 Å². The van der Waals surface area contributed by atoms with Crippen LogP contribution >= 0.6 is 0 Å². The van der Waals surface area contributed by atoms with Crippen LogP contribution in [0.2, 0.25) is 0 Å². The lowest BCUT2D eigenvalue weighted by atomic mass is 9.88. The Bertz CT molecular complexity index is 300. The van der Waals surface area contributed by atoms with Crippen molar-refractivity contribution in [2.24, 2.45) is 5.41 Å². The fraction of sp³-hybridized carbons (Fsp3) is 0.778. The van der Waals surface area contributed by atoms with Gasteiger partial charge in [-0.15, -0.1) is 10.2 Å². The summed E-state index contributed by atoms with van der Waals surface area (Å²) in [6.45, 7) is 8.09. The first-order valence-corrected chi connectivity index (χ1v) is 4.58. The lowest BCUT2D eigenvalue weighted by Gasteiger charge is -2.33. The maximum atomic E-state index is 5.70. The van der Waals surface area contributed by atoms with Gasteiger partial charge >= 0.3 is 0 Å². The van der Waals surface area contributed by atoms with Crippen LogP contribution in [0, 0.1) is 5.41 Å². The zero-order chi connectivity index (χ0) is 9.47. The Kier molecular flexibility index (Phi) is 1.87. The van der Waals surface area contributed by atoms with E-state index < -0.39 is 0 Å². The van der Waals surface area contributed by atoms with Crippen LogP contribution in [0.4, 0.5) is 0 Å². The molecule has 2 rings (SSSR count). The number of hydrogen-bond acceptors (Lipinski definition) is 3. The summed E-state index contributed by atoms with van der Waals surface area (Å²) in [6, 6.07) is 0. The summed E-state index contributed by atoms with van der Waals surface area (Å²) in [4.78, 5) is 0. The van der Waals surface area contributed by atoms with Gasteiger partial charge in [0, 0.05) is 6.54 Å². The molecule has 1 aromatic heterocycles. The predicted octanol–water partition coefficient (Wildman–Crippen LogP) is 1.40. The topological polar surface area (TPSA) is 39.9 Å². The molecule has 0 saturated carbocycles. The van der Waals surface area contributed by atoms with Gasteiger partial charge in [-0.2, -0.15) is 0 Å². The van der Waals surface area contributed by atoms with Gasteiger partial charge < -0.3 is 9.30 Å². The zero-order valence-corrected chi connectivity index (χ0v) is 8.32. The van der Waals surface area contributed by atoms with Gasteiger partial charge in [0.15, 0.2) is 5.82 Å². The summed E-state index contributed by atoms with van der Waals surface area (Å²) in [6.07, 6.45) is 1.85. The molecule has 0 bridgehead atoms. The fourth-order valence-electron chi connectivity index (χ4n) is 1.62. The Balaban J connectivity index is 2.35. The summed E-state index contributed by atoms with van der Waals surface area (Å²) < 4.78 is 7.77. The fourth-order valence-corrected chi connectivity index (χ4v) is 1.62. The molecule has 0 aliphatic carbocycles. The molecule has 2 heterocycles. The van der Waals surface area contributed by atoms with E-state index in [1.54, 1.807) is 6.33 Å². The molecule has 1 unspecified atom stereocenters. The van der Waals surface area contributed by atoms with Crippen molar-refractivity contribution in [2.45, 2.75) is 33.4 Å². The number of fused-ring (bicyclic) bond motifs is 1. The van der Waals surface area contributed by atoms with E-state index >= 15 is 0 Å². The molecule has 0 spiro atoms. The molecule has 0 saturated heterocycles. The SMILES string of the molecule is CC(C)(C)C1OCCn2cnnc21. The largest absolute Gasteiger partial charge is 0.368 e. The van der Waals surface area contributed by atoms with Gasteiger partial charge in [0.05, 0.1) is 6.61 Å². The Morgan fingerprint density at radius 1 is 1.54 bits per heavy atom. The average molecular weight is 181 g/mol. The average Bonchev–Trinajstić information content (AvgIpc) is 2.48. The van der Waals surface area contributed by atoms with Crippen molar-refractivity contribution >= 4 is 0 Å². The molecule has 1 atom stereocenters. The molecule has 0 radical (unpaired) electrons. The summed E-state index contributed by atoms with van der Waals surface area (Å²) in [5.74, 6) is 0.957. The van der Waals surface area contributed by atoms with E-state index in [1.807, 2.05) is 0 Å².